The summed E-state index contributed by atoms with van der Waals surface area (Å²) in [5, 5.41) is 0. The Bertz CT molecular complexity index is 531. The van der Waals surface area contributed by atoms with Crippen LogP contribution in [-0.2, 0) is 10.8 Å². The maximum Gasteiger partial charge on any atom is 0.127 e. The van der Waals surface area contributed by atoms with Gasteiger partial charge in [0, 0.05) is 17.2 Å². The maximum absolute atomic E-state index is 5.65. The fourth-order valence-corrected chi connectivity index (χ4v) is 2.03. The minimum Gasteiger partial charge on any atom is -0.496 e. The molecular weight excluding hydrogens is 248 g/mol. The summed E-state index contributed by atoms with van der Waals surface area (Å²) in [5.74, 6) is 7.01. The van der Waals surface area contributed by atoms with Crippen LogP contribution < -0.4 is 9.47 Å². The average Bonchev–Trinajstić information content (AvgIpc) is 2.45. The summed E-state index contributed by atoms with van der Waals surface area (Å²) in [5.41, 5.74) is 0.969. The smallest absolute Gasteiger partial charge is 0.127 e. The predicted molar refractivity (Wildman–Crippen MR) is 83.3 cm³/mol. The lowest BCUT2D eigenvalue weighted by atomic mass is 9.78. The molecular formula is C18H22O2. The van der Waals surface area contributed by atoms with E-state index < -0.39 is 10.8 Å². The molecule has 0 aliphatic rings. The summed E-state index contributed by atoms with van der Waals surface area (Å²) in [6, 6.07) is 3.85. The highest BCUT2D eigenvalue weighted by Gasteiger charge is 2.29. The van der Waals surface area contributed by atoms with Gasteiger partial charge in [-0.25, -0.2) is 0 Å². The van der Waals surface area contributed by atoms with Gasteiger partial charge >= 0.3 is 0 Å². The molecule has 0 bridgehead atoms. The van der Waals surface area contributed by atoms with Crippen LogP contribution in [0.3, 0.4) is 0 Å². The molecule has 0 saturated carbocycles. The second-order valence-electron chi connectivity index (χ2n) is 5.79. The van der Waals surface area contributed by atoms with Crippen LogP contribution in [0.25, 0.3) is 0 Å². The van der Waals surface area contributed by atoms with Gasteiger partial charge < -0.3 is 9.47 Å². The second-order valence-corrected chi connectivity index (χ2v) is 5.79. The van der Waals surface area contributed by atoms with E-state index in [1.807, 2.05) is 39.8 Å². The molecule has 0 aromatic heterocycles. The molecule has 0 N–H and O–H groups in total. The van der Waals surface area contributed by atoms with Crippen LogP contribution in [0, 0.1) is 24.7 Å². The van der Waals surface area contributed by atoms with Crippen LogP contribution in [0.15, 0.2) is 12.1 Å². The standard InChI is InChI=1S/C18H22O2/c1-9-17(3,4)13-11-14(18(5,6)10-2)16(20-8)12-15(13)19-7/h1-2,11-12H,3-8H3. The molecule has 0 fully saturated rings. The van der Waals surface area contributed by atoms with Crippen molar-refractivity contribution in [3.8, 4) is 36.2 Å². The molecule has 20 heavy (non-hydrogen) atoms. The second kappa shape index (κ2) is 5.51. The van der Waals surface area contributed by atoms with Gasteiger partial charge in [-0.3, -0.25) is 0 Å². The van der Waals surface area contributed by atoms with E-state index >= 15 is 0 Å². The van der Waals surface area contributed by atoms with Crippen molar-refractivity contribution < 1.29 is 9.47 Å². The highest BCUT2D eigenvalue weighted by atomic mass is 16.5. The Morgan fingerprint density at radius 2 is 1.15 bits per heavy atom. The molecule has 1 aromatic carbocycles. The van der Waals surface area contributed by atoms with Gasteiger partial charge in [0.15, 0.2) is 0 Å². The van der Waals surface area contributed by atoms with Gasteiger partial charge in [-0.2, -0.15) is 0 Å². The van der Waals surface area contributed by atoms with E-state index in [9.17, 15) is 0 Å². The number of terminal acetylenes is 2. The molecule has 0 aliphatic carbocycles. The van der Waals surface area contributed by atoms with Gasteiger partial charge in [-0.15, -0.1) is 12.8 Å². The zero-order chi connectivity index (χ0) is 15.6. The average molecular weight is 270 g/mol. The molecule has 0 saturated heterocycles. The third-order valence-electron chi connectivity index (χ3n) is 3.59. The third kappa shape index (κ3) is 2.75. The first kappa shape index (κ1) is 16.0. The normalized spacial score (nSPS) is 11.4. The largest absolute Gasteiger partial charge is 0.496 e. The van der Waals surface area contributed by atoms with Crippen molar-refractivity contribution in [1.82, 2.24) is 0 Å². The Labute approximate surface area is 122 Å². The SMILES string of the molecule is C#CC(C)(C)c1cc(C(C)(C)C#C)c(OC)cc1OC. The molecule has 2 heteroatoms. The number of rotatable bonds is 4. The number of ether oxygens (including phenoxy) is 2. The van der Waals surface area contributed by atoms with Crippen molar-refractivity contribution in [2.24, 2.45) is 0 Å². The minimum absolute atomic E-state index is 0.447. The fraction of sp³-hybridized carbons (Fsp3) is 0.444. The molecule has 0 radical (unpaired) electrons. The van der Waals surface area contributed by atoms with Crippen molar-refractivity contribution in [2.45, 2.75) is 38.5 Å². The van der Waals surface area contributed by atoms with Crippen molar-refractivity contribution in [3.63, 3.8) is 0 Å². The fourth-order valence-electron chi connectivity index (χ4n) is 2.03. The van der Waals surface area contributed by atoms with Crippen LogP contribution in [0.4, 0.5) is 0 Å². The summed E-state index contributed by atoms with van der Waals surface area (Å²) < 4.78 is 10.9. The van der Waals surface area contributed by atoms with E-state index in [0.29, 0.717) is 11.5 Å². The van der Waals surface area contributed by atoms with Crippen molar-refractivity contribution in [1.29, 1.82) is 0 Å². The summed E-state index contributed by atoms with van der Waals surface area (Å²) in [4.78, 5) is 0. The molecule has 0 unspecified atom stereocenters. The van der Waals surface area contributed by atoms with E-state index in [4.69, 9.17) is 22.3 Å². The van der Waals surface area contributed by atoms with Gasteiger partial charge in [-0.05, 0) is 33.8 Å². The monoisotopic (exact) mass is 270 g/mol. The van der Waals surface area contributed by atoms with Crippen molar-refractivity contribution in [3.05, 3.63) is 23.3 Å². The van der Waals surface area contributed by atoms with E-state index in [0.717, 1.165) is 11.1 Å². The Morgan fingerprint density at radius 1 is 0.800 bits per heavy atom. The number of benzene rings is 1. The lowest BCUT2D eigenvalue weighted by molar-refractivity contribution is 0.380. The Hall–Kier alpha value is -2.06. The third-order valence-corrected chi connectivity index (χ3v) is 3.59. The van der Waals surface area contributed by atoms with Gasteiger partial charge in [0.2, 0.25) is 0 Å². The lowest BCUT2D eigenvalue weighted by Gasteiger charge is -2.27. The molecule has 0 atom stereocenters. The Kier molecular flexibility index (Phi) is 4.41. The highest BCUT2D eigenvalue weighted by molar-refractivity contribution is 5.55. The van der Waals surface area contributed by atoms with Gasteiger partial charge in [0.1, 0.15) is 11.5 Å². The summed E-state index contributed by atoms with van der Waals surface area (Å²) in [7, 11) is 3.24. The van der Waals surface area contributed by atoms with E-state index in [1.165, 1.54) is 0 Å². The summed E-state index contributed by atoms with van der Waals surface area (Å²) in [6.07, 6.45) is 11.3. The van der Waals surface area contributed by atoms with Crippen LogP contribution in [-0.4, -0.2) is 14.2 Å². The van der Waals surface area contributed by atoms with E-state index in [1.54, 1.807) is 14.2 Å². The molecule has 1 rings (SSSR count). The molecule has 0 aliphatic heterocycles. The topological polar surface area (TPSA) is 18.5 Å². The van der Waals surface area contributed by atoms with Crippen molar-refractivity contribution in [2.75, 3.05) is 14.2 Å². The molecule has 106 valence electrons. The summed E-state index contributed by atoms with van der Waals surface area (Å²) >= 11 is 0. The van der Waals surface area contributed by atoms with E-state index in [-0.39, 0.29) is 0 Å². The Balaban J connectivity index is 3.69. The number of hydrogen-bond acceptors (Lipinski definition) is 2. The number of methoxy groups -OCH3 is 2. The zero-order valence-electron chi connectivity index (χ0n) is 13.1. The number of hydrogen-bond donors (Lipinski definition) is 0. The highest BCUT2D eigenvalue weighted by Crippen LogP contribution is 2.40. The van der Waals surface area contributed by atoms with Crippen LogP contribution in [0.5, 0.6) is 11.5 Å². The maximum atomic E-state index is 5.65. The predicted octanol–water partition coefficient (Wildman–Crippen LogP) is 3.53. The molecule has 0 spiro atoms. The molecule has 0 amide bonds. The zero-order valence-corrected chi connectivity index (χ0v) is 13.1. The van der Waals surface area contributed by atoms with E-state index in [2.05, 4.69) is 11.8 Å². The van der Waals surface area contributed by atoms with Gasteiger partial charge in [0.25, 0.3) is 0 Å². The molecule has 1 aromatic rings. The van der Waals surface area contributed by atoms with Crippen LogP contribution in [0.1, 0.15) is 38.8 Å². The van der Waals surface area contributed by atoms with Crippen LogP contribution >= 0.6 is 0 Å². The first-order valence-electron chi connectivity index (χ1n) is 6.46. The quantitative estimate of drug-likeness (QED) is 0.779. The first-order chi connectivity index (χ1) is 9.23. The lowest BCUT2D eigenvalue weighted by Crippen LogP contribution is -2.20. The van der Waals surface area contributed by atoms with Gasteiger partial charge in [0.05, 0.1) is 25.0 Å². The van der Waals surface area contributed by atoms with Crippen molar-refractivity contribution >= 4 is 0 Å². The summed E-state index contributed by atoms with van der Waals surface area (Å²) in [6.45, 7) is 7.90. The molecule has 2 nitrogen and oxygen atoms in total. The van der Waals surface area contributed by atoms with Crippen LogP contribution in [0.2, 0.25) is 0 Å². The molecule has 0 heterocycles. The van der Waals surface area contributed by atoms with Gasteiger partial charge in [-0.1, -0.05) is 11.8 Å². The minimum atomic E-state index is -0.447. The Morgan fingerprint density at radius 3 is 1.40 bits per heavy atom. The first-order valence-corrected chi connectivity index (χ1v) is 6.46.